The molecule has 2 unspecified atom stereocenters. The number of hydrogen-bond donors (Lipinski definition) is 19. The highest BCUT2D eigenvalue weighted by atomic mass is 16.3. The van der Waals surface area contributed by atoms with E-state index in [1.54, 1.807) is 44.2 Å². The summed E-state index contributed by atoms with van der Waals surface area (Å²) in [6.45, 7) is 8.90. The third kappa shape index (κ3) is 27.8. The van der Waals surface area contributed by atoms with Crippen molar-refractivity contribution in [1.29, 1.82) is 0 Å². The highest BCUT2D eigenvalue weighted by molar-refractivity contribution is 5.99. The number of carbonyl (C=O) groups is 11. The lowest BCUT2D eigenvalue weighted by atomic mass is 9.99. The van der Waals surface area contributed by atoms with Crippen molar-refractivity contribution in [3.63, 3.8) is 0 Å². The van der Waals surface area contributed by atoms with Crippen molar-refractivity contribution in [2.24, 2.45) is 40.5 Å². The van der Waals surface area contributed by atoms with Gasteiger partial charge in [-0.3, -0.25) is 52.7 Å². The lowest BCUT2D eigenvalue weighted by molar-refractivity contribution is -0.137. The predicted octanol–water partition coefficient (Wildman–Crippen LogP) is -5.88. The van der Waals surface area contributed by atoms with Gasteiger partial charge < -0.3 is 102 Å². The van der Waals surface area contributed by atoms with E-state index in [4.69, 9.17) is 28.7 Å². The van der Waals surface area contributed by atoms with E-state index in [2.05, 4.69) is 58.5 Å². The molecule has 0 aliphatic carbocycles. The molecule has 14 atom stereocenters. The summed E-state index contributed by atoms with van der Waals surface area (Å²) in [7, 11) is 0. The van der Waals surface area contributed by atoms with Crippen LogP contribution in [-0.2, 0) is 59.2 Å². The number of rotatable bonds is 30. The topological polar surface area (TPSA) is 511 Å². The zero-order chi connectivity index (χ0) is 65.3. The lowest BCUT2D eigenvalue weighted by Crippen LogP contribution is -2.62. The molecule has 0 saturated carbocycles. The van der Waals surface area contributed by atoms with E-state index in [0.717, 1.165) is 6.42 Å². The molecule has 0 aromatic heterocycles. The number of aliphatic hydroxyl groups excluding tert-OH is 3. The van der Waals surface area contributed by atoms with Gasteiger partial charge in [-0.25, -0.2) is 0 Å². The molecule has 2 rings (SSSR count). The van der Waals surface area contributed by atoms with Crippen molar-refractivity contribution in [2.75, 3.05) is 39.3 Å². The lowest BCUT2D eigenvalue weighted by Gasteiger charge is -2.29. The molecule has 1 aromatic carbocycles. The number of nitrogens with one attached hydrogen (secondary N) is 11. The molecule has 0 radical (unpaired) electrons. The van der Waals surface area contributed by atoms with Crippen LogP contribution in [0.5, 0.6) is 0 Å². The molecule has 1 fully saturated rings. The molecule has 11 amide bonds. The Labute approximate surface area is 509 Å². The molecule has 24 N–H and O–H groups in total. The summed E-state index contributed by atoms with van der Waals surface area (Å²) in [6, 6.07) is -6.45. The first-order valence-corrected chi connectivity index (χ1v) is 30.1. The second kappa shape index (κ2) is 40.5. The highest BCUT2D eigenvalue weighted by Crippen LogP contribution is 2.15. The minimum atomic E-state index is -1.76. The number of amides is 11. The van der Waals surface area contributed by atoms with Crippen molar-refractivity contribution in [3.8, 4) is 0 Å². The Balaban J connectivity index is 2.69. The monoisotopic (exact) mass is 1230 g/mol. The van der Waals surface area contributed by atoms with Crippen LogP contribution in [0.4, 0.5) is 0 Å². The molecule has 492 valence electrons. The molecule has 1 aromatic rings. The summed E-state index contributed by atoms with van der Waals surface area (Å²) in [5.74, 6) is -10.0. The molecule has 30 heteroatoms. The Kier molecular flexibility index (Phi) is 35.5. The Morgan fingerprint density at radius 2 is 1.08 bits per heavy atom. The molecule has 0 bridgehead atoms. The average molecular weight is 1230 g/mol. The average Bonchev–Trinajstić information content (AvgIpc) is 3.69. The summed E-state index contributed by atoms with van der Waals surface area (Å²) >= 11 is 0. The summed E-state index contributed by atoms with van der Waals surface area (Å²) in [6.07, 6.45) is -3.77. The summed E-state index contributed by atoms with van der Waals surface area (Å²) in [5.41, 5.74) is 29.9. The van der Waals surface area contributed by atoms with E-state index in [9.17, 15) is 68.1 Å². The molecule has 1 aliphatic rings. The van der Waals surface area contributed by atoms with E-state index in [-0.39, 0.29) is 96.4 Å². The van der Waals surface area contributed by atoms with Gasteiger partial charge in [0.05, 0.1) is 24.7 Å². The third-order valence-electron chi connectivity index (χ3n) is 14.6. The van der Waals surface area contributed by atoms with Crippen LogP contribution in [-0.4, -0.2) is 198 Å². The Bertz CT molecular complexity index is 2370. The van der Waals surface area contributed by atoms with Gasteiger partial charge in [0.1, 0.15) is 60.4 Å². The third-order valence-corrected chi connectivity index (χ3v) is 14.6. The smallest absolute Gasteiger partial charge is 0.245 e. The van der Waals surface area contributed by atoms with Crippen LogP contribution in [0.15, 0.2) is 30.3 Å². The van der Waals surface area contributed by atoms with E-state index in [1.165, 1.54) is 13.8 Å². The van der Waals surface area contributed by atoms with Gasteiger partial charge in [-0.2, -0.15) is 0 Å². The number of hydrogen-bond acceptors (Lipinski definition) is 19. The van der Waals surface area contributed by atoms with Gasteiger partial charge in [0, 0.05) is 13.0 Å². The van der Waals surface area contributed by atoms with Gasteiger partial charge in [0.15, 0.2) is 0 Å². The maximum absolute atomic E-state index is 14.6. The van der Waals surface area contributed by atoms with Gasteiger partial charge in [0.25, 0.3) is 0 Å². The zero-order valence-electron chi connectivity index (χ0n) is 51.2. The number of carbonyl (C=O) groups excluding carboxylic acids is 11. The van der Waals surface area contributed by atoms with Crippen LogP contribution in [0.3, 0.4) is 0 Å². The predicted molar refractivity (Wildman–Crippen MR) is 322 cm³/mol. The van der Waals surface area contributed by atoms with Crippen LogP contribution in [0, 0.1) is 11.8 Å². The van der Waals surface area contributed by atoms with Crippen molar-refractivity contribution in [2.45, 2.75) is 204 Å². The fourth-order valence-electron chi connectivity index (χ4n) is 9.28. The second-order valence-corrected chi connectivity index (χ2v) is 22.6. The fourth-order valence-corrected chi connectivity index (χ4v) is 9.28. The number of benzene rings is 1. The summed E-state index contributed by atoms with van der Waals surface area (Å²) in [4.78, 5) is 154. The van der Waals surface area contributed by atoms with Gasteiger partial charge in [-0.1, -0.05) is 64.4 Å². The number of aliphatic hydroxyl groups is 3. The largest absolute Gasteiger partial charge is 0.393 e. The molecular formula is C57H100N16O14. The van der Waals surface area contributed by atoms with Gasteiger partial charge >= 0.3 is 0 Å². The minimum absolute atomic E-state index is 0.00766. The standard InChI is InChI=1S/C57H100N16O14/c1-7-32(4)15-16-36(76)30-45(77)64-38(17-23-59)52(82)73-47(34(6)75)57(87)69-40(19-25-61)49(79)68-42-21-27-63-56(86)46(33(5)74)72-53(83)41(20-26-62)67-48(78)37(14-11-22-58)65-54(84)43(28-31(2)3)70-55(85)44(29-35-12-9-8-10-13-35)71-50(80)39(18-24-60)66-51(42)81/h8-10,12-13,31-34,36-44,46-47,74-76H,7,11,14-30,58-62H2,1-6H3,(H,63,86)(H,64,77)(H,65,84)(H,66,81)(H,67,78)(H,68,79)(H,69,87)(H,70,85)(H,71,80)(H,72,83)(H,73,82)/t32?,33-,34-,36?,37+,38+,39+,40+,41+,42+,43+,44-,46+,47+/m1/s1. The first kappa shape index (κ1) is 76.2. The van der Waals surface area contributed by atoms with Crippen LogP contribution < -0.4 is 87.2 Å². The van der Waals surface area contributed by atoms with Gasteiger partial charge in [-0.05, 0) is 128 Å². The van der Waals surface area contributed by atoms with Crippen LogP contribution >= 0.6 is 0 Å². The fraction of sp³-hybridized carbons (Fsp3) is 0.702. The van der Waals surface area contributed by atoms with E-state index >= 15 is 0 Å². The van der Waals surface area contributed by atoms with Gasteiger partial charge in [-0.15, -0.1) is 0 Å². The normalized spacial score (nSPS) is 23.0. The quantitative estimate of drug-likeness (QED) is 0.0341. The Hall–Kier alpha value is -6.93. The number of nitrogens with two attached hydrogens (primary N) is 5. The van der Waals surface area contributed by atoms with Crippen molar-refractivity contribution in [1.82, 2.24) is 58.5 Å². The first-order valence-electron chi connectivity index (χ1n) is 30.1. The van der Waals surface area contributed by atoms with Crippen molar-refractivity contribution < 1.29 is 68.1 Å². The molecule has 1 aliphatic heterocycles. The van der Waals surface area contributed by atoms with E-state index in [0.29, 0.717) is 24.3 Å². The molecule has 1 heterocycles. The maximum atomic E-state index is 14.6. The Morgan fingerprint density at radius 3 is 1.61 bits per heavy atom. The zero-order valence-corrected chi connectivity index (χ0v) is 51.2. The Morgan fingerprint density at radius 1 is 0.563 bits per heavy atom. The second-order valence-electron chi connectivity index (χ2n) is 22.6. The molecule has 30 nitrogen and oxygen atoms in total. The van der Waals surface area contributed by atoms with E-state index in [1.807, 2.05) is 13.8 Å². The van der Waals surface area contributed by atoms with Crippen LogP contribution in [0.1, 0.15) is 124 Å². The van der Waals surface area contributed by atoms with Gasteiger partial charge in [0.2, 0.25) is 65.0 Å². The molecule has 1 saturated heterocycles. The SMILES string of the molecule is CCC(C)CCC(O)CC(=O)N[C@@H](CCN)C(=O)N[C@H](C(=O)N[C@@H](CCN)C(=O)N[C@H]1CCNC(=O)[C@H]([C@@H](C)O)NC(=O)[C@H](CCN)NC(=O)[C@H](CCCN)NC(=O)[C@H](CC(C)C)NC(=O)[C@@H](Cc2ccccc2)NC(=O)[C@H](CCN)NC1=O)[C@@H](C)O. The van der Waals surface area contributed by atoms with Crippen molar-refractivity contribution >= 4 is 65.0 Å². The molecular weight excluding hydrogens is 1130 g/mol. The maximum Gasteiger partial charge on any atom is 0.245 e. The molecule has 87 heavy (non-hydrogen) atoms. The van der Waals surface area contributed by atoms with Crippen LogP contribution in [0.25, 0.3) is 0 Å². The molecule has 0 spiro atoms. The highest BCUT2D eigenvalue weighted by Gasteiger charge is 2.38. The van der Waals surface area contributed by atoms with Crippen molar-refractivity contribution in [3.05, 3.63) is 35.9 Å². The van der Waals surface area contributed by atoms with Crippen LogP contribution in [0.2, 0.25) is 0 Å². The van der Waals surface area contributed by atoms with E-state index < -0.39 is 157 Å². The minimum Gasteiger partial charge on any atom is -0.393 e. The summed E-state index contributed by atoms with van der Waals surface area (Å²) < 4.78 is 0. The summed E-state index contributed by atoms with van der Waals surface area (Å²) in [5, 5.41) is 60.1. The first-order chi connectivity index (χ1) is 41.2.